The highest BCUT2D eigenvalue weighted by Crippen LogP contribution is 2.25. The van der Waals surface area contributed by atoms with Crippen LogP contribution in [-0.2, 0) is 0 Å². The maximum absolute atomic E-state index is 5.86. The molecule has 19 heavy (non-hydrogen) atoms. The molecule has 1 heterocycles. The second-order valence-corrected chi connectivity index (χ2v) is 5.17. The molecule has 0 aliphatic carbocycles. The van der Waals surface area contributed by atoms with E-state index < -0.39 is 0 Å². The molecule has 0 aliphatic rings. The summed E-state index contributed by atoms with van der Waals surface area (Å²) in [4.78, 5) is 6.72. The van der Waals surface area contributed by atoms with Crippen LogP contribution < -0.4 is 11.1 Å². The van der Waals surface area contributed by atoms with Crippen molar-refractivity contribution in [3.63, 3.8) is 0 Å². The number of nitrogens with zero attached hydrogens (tertiary/aromatic N) is 2. The number of nitrogen functional groups attached to an aromatic ring is 1. The Bertz CT molecular complexity index is 563. The first-order valence-corrected chi connectivity index (χ1v) is 6.62. The molecule has 0 saturated heterocycles. The molecule has 0 fully saturated rings. The van der Waals surface area contributed by atoms with Gasteiger partial charge in [-0.2, -0.15) is 0 Å². The van der Waals surface area contributed by atoms with Gasteiger partial charge in [0.2, 0.25) is 0 Å². The number of anilines is 2. The Morgan fingerprint density at radius 2 is 2.05 bits per heavy atom. The summed E-state index contributed by atoms with van der Waals surface area (Å²) in [6.07, 6.45) is 1.11. The number of hydrogen-bond acceptors (Lipinski definition) is 4. The van der Waals surface area contributed by atoms with E-state index in [0.29, 0.717) is 0 Å². The van der Waals surface area contributed by atoms with Gasteiger partial charge < -0.3 is 16.0 Å². The minimum Gasteiger partial charge on any atom is -0.399 e. The van der Waals surface area contributed by atoms with Crippen LogP contribution in [0.1, 0.15) is 12.1 Å². The van der Waals surface area contributed by atoms with E-state index in [0.717, 1.165) is 47.5 Å². The van der Waals surface area contributed by atoms with Crippen molar-refractivity contribution in [1.82, 2.24) is 9.88 Å². The van der Waals surface area contributed by atoms with Gasteiger partial charge in [-0.05, 0) is 58.3 Å². The second-order valence-electron chi connectivity index (χ2n) is 5.17. The van der Waals surface area contributed by atoms with Crippen LogP contribution in [0.2, 0.25) is 0 Å². The topological polar surface area (TPSA) is 54.2 Å². The normalized spacial score (nSPS) is 11.2. The Labute approximate surface area is 114 Å². The lowest BCUT2D eigenvalue weighted by Crippen LogP contribution is -2.16. The Morgan fingerprint density at radius 3 is 2.79 bits per heavy atom. The van der Waals surface area contributed by atoms with E-state index in [2.05, 4.69) is 35.4 Å². The first-order valence-electron chi connectivity index (χ1n) is 6.62. The number of benzene rings is 1. The predicted molar refractivity (Wildman–Crippen MR) is 82.6 cm³/mol. The molecule has 1 aromatic carbocycles. The summed E-state index contributed by atoms with van der Waals surface area (Å²) < 4.78 is 0. The van der Waals surface area contributed by atoms with Crippen LogP contribution >= 0.6 is 0 Å². The highest BCUT2D eigenvalue weighted by Gasteiger charge is 2.04. The van der Waals surface area contributed by atoms with Gasteiger partial charge in [-0.15, -0.1) is 0 Å². The van der Waals surface area contributed by atoms with Crippen LogP contribution in [0.3, 0.4) is 0 Å². The summed E-state index contributed by atoms with van der Waals surface area (Å²) in [6.45, 7) is 4.05. The molecule has 3 N–H and O–H groups in total. The van der Waals surface area contributed by atoms with Gasteiger partial charge in [-0.3, -0.25) is 4.98 Å². The zero-order valence-corrected chi connectivity index (χ0v) is 11.9. The molecule has 0 atom stereocenters. The number of pyridine rings is 1. The van der Waals surface area contributed by atoms with E-state index in [4.69, 9.17) is 5.73 Å². The van der Waals surface area contributed by atoms with Gasteiger partial charge in [0.05, 0.1) is 5.52 Å². The van der Waals surface area contributed by atoms with Crippen molar-refractivity contribution < 1.29 is 0 Å². The van der Waals surface area contributed by atoms with E-state index in [1.807, 2.05) is 25.1 Å². The Morgan fingerprint density at radius 1 is 1.26 bits per heavy atom. The Hall–Kier alpha value is -1.81. The number of nitrogens with one attached hydrogen (secondary N) is 1. The van der Waals surface area contributed by atoms with E-state index in [9.17, 15) is 0 Å². The smallest absolute Gasteiger partial charge is 0.0727 e. The summed E-state index contributed by atoms with van der Waals surface area (Å²) >= 11 is 0. The summed E-state index contributed by atoms with van der Waals surface area (Å²) in [6, 6.07) is 7.93. The molecule has 102 valence electrons. The molecule has 0 unspecified atom stereocenters. The molecule has 0 saturated carbocycles. The van der Waals surface area contributed by atoms with Gasteiger partial charge in [0.1, 0.15) is 0 Å². The Kier molecular flexibility index (Phi) is 4.22. The standard InChI is InChI=1S/C15H22N4/c1-11-9-15(17-7-4-8-19(2)3)13-10-12(16)5-6-14(13)18-11/h5-6,9-10H,4,7-8,16H2,1-3H3,(H,17,18). The number of hydrogen-bond donors (Lipinski definition) is 2. The first-order chi connectivity index (χ1) is 9.06. The van der Waals surface area contributed by atoms with Crippen molar-refractivity contribution in [2.45, 2.75) is 13.3 Å². The second kappa shape index (κ2) is 5.89. The van der Waals surface area contributed by atoms with Crippen LogP contribution in [0, 0.1) is 6.92 Å². The minimum atomic E-state index is 0.773. The third-order valence-electron chi connectivity index (χ3n) is 3.06. The van der Waals surface area contributed by atoms with E-state index in [1.54, 1.807) is 0 Å². The van der Waals surface area contributed by atoms with Crippen LogP contribution in [0.4, 0.5) is 11.4 Å². The van der Waals surface area contributed by atoms with Gasteiger partial charge in [-0.1, -0.05) is 0 Å². The highest BCUT2D eigenvalue weighted by molar-refractivity contribution is 5.93. The maximum atomic E-state index is 5.86. The monoisotopic (exact) mass is 258 g/mol. The molecule has 0 amide bonds. The average Bonchev–Trinajstić information content (AvgIpc) is 2.35. The molecular formula is C15H22N4. The van der Waals surface area contributed by atoms with Gasteiger partial charge in [0, 0.05) is 29.0 Å². The fourth-order valence-electron chi connectivity index (χ4n) is 2.14. The molecule has 2 rings (SSSR count). The van der Waals surface area contributed by atoms with Crippen molar-refractivity contribution in [3.8, 4) is 0 Å². The molecule has 0 spiro atoms. The molecule has 4 heteroatoms. The lowest BCUT2D eigenvalue weighted by molar-refractivity contribution is 0.405. The summed E-state index contributed by atoms with van der Waals surface area (Å²) in [5.41, 5.74) is 9.77. The van der Waals surface area contributed by atoms with Crippen molar-refractivity contribution in [2.75, 3.05) is 38.2 Å². The highest BCUT2D eigenvalue weighted by atomic mass is 15.1. The summed E-state index contributed by atoms with van der Waals surface area (Å²) in [5.74, 6) is 0. The maximum Gasteiger partial charge on any atom is 0.0727 e. The summed E-state index contributed by atoms with van der Waals surface area (Å²) in [7, 11) is 4.18. The molecule has 4 nitrogen and oxygen atoms in total. The molecule has 1 aromatic heterocycles. The third-order valence-corrected chi connectivity index (χ3v) is 3.06. The average molecular weight is 258 g/mol. The predicted octanol–water partition coefficient (Wildman–Crippen LogP) is 2.49. The number of nitrogens with two attached hydrogens (primary N) is 1. The zero-order valence-electron chi connectivity index (χ0n) is 11.9. The van der Waals surface area contributed by atoms with Gasteiger partial charge in [0.15, 0.2) is 0 Å². The molecule has 0 aliphatic heterocycles. The molecule has 2 aromatic rings. The number of aryl methyl sites for hydroxylation is 1. The van der Waals surface area contributed by atoms with Gasteiger partial charge in [0.25, 0.3) is 0 Å². The van der Waals surface area contributed by atoms with Crippen molar-refractivity contribution >= 4 is 22.3 Å². The Balaban J connectivity index is 2.19. The van der Waals surface area contributed by atoms with Crippen LogP contribution in [0.5, 0.6) is 0 Å². The van der Waals surface area contributed by atoms with Crippen molar-refractivity contribution in [3.05, 3.63) is 30.0 Å². The van der Waals surface area contributed by atoms with Crippen molar-refractivity contribution in [1.29, 1.82) is 0 Å². The fourth-order valence-corrected chi connectivity index (χ4v) is 2.14. The number of rotatable bonds is 5. The fraction of sp³-hybridized carbons (Fsp3) is 0.400. The van der Waals surface area contributed by atoms with Crippen molar-refractivity contribution in [2.24, 2.45) is 0 Å². The van der Waals surface area contributed by atoms with Crippen LogP contribution in [0.15, 0.2) is 24.3 Å². The minimum absolute atomic E-state index is 0.773. The van der Waals surface area contributed by atoms with Gasteiger partial charge >= 0.3 is 0 Å². The molecule has 0 bridgehead atoms. The number of aromatic nitrogens is 1. The van der Waals surface area contributed by atoms with Crippen LogP contribution in [0.25, 0.3) is 10.9 Å². The molecular weight excluding hydrogens is 236 g/mol. The van der Waals surface area contributed by atoms with E-state index in [1.165, 1.54) is 0 Å². The van der Waals surface area contributed by atoms with Crippen LogP contribution in [-0.4, -0.2) is 37.1 Å². The van der Waals surface area contributed by atoms with E-state index >= 15 is 0 Å². The first kappa shape index (κ1) is 13.6. The SMILES string of the molecule is Cc1cc(NCCCN(C)C)c2cc(N)ccc2n1. The largest absolute Gasteiger partial charge is 0.399 e. The summed E-state index contributed by atoms with van der Waals surface area (Å²) in [5, 5.41) is 4.58. The number of fused-ring (bicyclic) bond motifs is 1. The lowest BCUT2D eigenvalue weighted by atomic mass is 10.1. The quantitative estimate of drug-likeness (QED) is 0.639. The van der Waals surface area contributed by atoms with Gasteiger partial charge in [-0.25, -0.2) is 0 Å². The van der Waals surface area contributed by atoms with E-state index in [-0.39, 0.29) is 0 Å². The molecule has 0 radical (unpaired) electrons. The zero-order chi connectivity index (χ0) is 13.8. The lowest BCUT2D eigenvalue weighted by Gasteiger charge is -2.13. The third kappa shape index (κ3) is 3.58.